The first-order valence-corrected chi connectivity index (χ1v) is 11.3. The van der Waals surface area contributed by atoms with Gasteiger partial charge in [-0.15, -0.1) is 0 Å². The molecular formula is C20H22FN3O5S. The van der Waals surface area contributed by atoms with Gasteiger partial charge in [0.2, 0.25) is 22.7 Å². The van der Waals surface area contributed by atoms with Crippen LogP contribution < -0.4 is 18.7 Å². The van der Waals surface area contributed by atoms with Crippen LogP contribution in [-0.4, -0.2) is 65.0 Å². The Balaban J connectivity index is 1.44. The molecule has 0 saturated carbocycles. The first-order valence-electron chi connectivity index (χ1n) is 9.47. The molecule has 8 nitrogen and oxygen atoms in total. The maximum absolute atomic E-state index is 14.0. The second kappa shape index (κ2) is 8.02. The number of carbonyl (C=O) groups excluding carboxylic acids is 1. The number of sulfonamides is 1. The van der Waals surface area contributed by atoms with Crippen LogP contribution in [-0.2, 0) is 14.8 Å². The molecule has 4 rings (SSSR count). The monoisotopic (exact) mass is 435 g/mol. The highest BCUT2D eigenvalue weighted by Gasteiger charge is 2.28. The Morgan fingerprint density at radius 3 is 2.47 bits per heavy atom. The summed E-state index contributed by atoms with van der Waals surface area (Å²) in [7, 11) is -3.70. The quantitative estimate of drug-likeness (QED) is 0.711. The van der Waals surface area contributed by atoms with Crippen LogP contribution in [0.4, 0.5) is 15.8 Å². The average molecular weight is 435 g/mol. The fourth-order valence-electron chi connectivity index (χ4n) is 3.57. The molecular weight excluding hydrogens is 413 g/mol. The zero-order chi connectivity index (χ0) is 21.3. The van der Waals surface area contributed by atoms with Gasteiger partial charge in [0.15, 0.2) is 11.5 Å². The molecule has 1 amide bonds. The number of hydrogen-bond acceptors (Lipinski definition) is 6. The fraction of sp³-hybridized carbons (Fsp3) is 0.350. The number of rotatable bonds is 5. The van der Waals surface area contributed by atoms with Gasteiger partial charge in [0.05, 0.1) is 17.6 Å². The van der Waals surface area contributed by atoms with Crippen molar-refractivity contribution in [2.45, 2.75) is 0 Å². The molecule has 0 bridgehead atoms. The summed E-state index contributed by atoms with van der Waals surface area (Å²) in [6.45, 7) is 1.45. The number of benzene rings is 2. The lowest BCUT2D eigenvalue weighted by Gasteiger charge is -2.37. The van der Waals surface area contributed by atoms with Crippen molar-refractivity contribution in [3.8, 4) is 11.5 Å². The van der Waals surface area contributed by atoms with E-state index in [1.165, 1.54) is 6.07 Å². The van der Waals surface area contributed by atoms with E-state index in [2.05, 4.69) is 0 Å². The molecule has 0 radical (unpaired) electrons. The molecule has 2 aliphatic heterocycles. The van der Waals surface area contributed by atoms with Crippen LogP contribution in [0.5, 0.6) is 11.5 Å². The van der Waals surface area contributed by atoms with E-state index < -0.39 is 10.0 Å². The van der Waals surface area contributed by atoms with Crippen LogP contribution in [0, 0.1) is 5.82 Å². The molecule has 0 N–H and O–H groups in total. The summed E-state index contributed by atoms with van der Waals surface area (Å²) in [5.74, 6) is 0.351. The Bertz CT molecular complexity index is 1050. The van der Waals surface area contributed by atoms with Crippen LogP contribution >= 0.6 is 0 Å². The van der Waals surface area contributed by atoms with Crippen molar-refractivity contribution in [3.05, 3.63) is 48.3 Å². The summed E-state index contributed by atoms with van der Waals surface area (Å²) >= 11 is 0. The van der Waals surface area contributed by atoms with Gasteiger partial charge in [0, 0.05) is 32.2 Å². The number of piperazine rings is 1. The number of amides is 1. The first-order chi connectivity index (χ1) is 14.3. The number of ether oxygens (including phenoxy) is 2. The molecule has 10 heteroatoms. The summed E-state index contributed by atoms with van der Waals surface area (Å²) < 4.78 is 50.3. The highest BCUT2D eigenvalue weighted by Crippen LogP contribution is 2.36. The predicted molar refractivity (Wildman–Crippen MR) is 110 cm³/mol. The third kappa shape index (κ3) is 4.13. The van der Waals surface area contributed by atoms with Crippen LogP contribution in [0.1, 0.15) is 0 Å². The highest BCUT2D eigenvalue weighted by molar-refractivity contribution is 7.92. The smallest absolute Gasteiger partial charge is 0.243 e. The van der Waals surface area contributed by atoms with E-state index in [1.54, 1.807) is 41.3 Å². The summed E-state index contributed by atoms with van der Waals surface area (Å²) in [4.78, 5) is 16.3. The molecule has 0 aromatic heterocycles. The van der Waals surface area contributed by atoms with Gasteiger partial charge in [0.1, 0.15) is 12.4 Å². The topological polar surface area (TPSA) is 79.4 Å². The summed E-state index contributed by atoms with van der Waals surface area (Å²) in [5, 5.41) is 0. The number of halogens is 1. The van der Waals surface area contributed by atoms with Gasteiger partial charge in [-0.2, -0.15) is 0 Å². The summed E-state index contributed by atoms with van der Waals surface area (Å²) in [6, 6.07) is 11.3. The molecule has 30 heavy (non-hydrogen) atoms. The Morgan fingerprint density at radius 2 is 1.77 bits per heavy atom. The van der Waals surface area contributed by atoms with Crippen molar-refractivity contribution >= 4 is 27.3 Å². The van der Waals surface area contributed by atoms with Crippen molar-refractivity contribution in [1.82, 2.24) is 4.90 Å². The van der Waals surface area contributed by atoms with Gasteiger partial charge >= 0.3 is 0 Å². The van der Waals surface area contributed by atoms with E-state index in [-0.39, 0.29) is 25.1 Å². The molecule has 0 aliphatic carbocycles. The van der Waals surface area contributed by atoms with Crippen LogP contribution in [0.3, 0.4) is 0 Å². The number of fused-ring (bicyclic) bond motifs is 1. The largest absolute Gasteiger partial charge is 0.454 e. The minimum Gasteiger partial charge on any atom is -0.454 e. The lowest BCUT2D eigenvalue weighted by atomic mass is 10.2. The van der Waals surface area contributed by atoms with E-state index >= 15 is 0 Å². The van der Waals surface area contributed by atoms with E-state index in [1.807, 2.05) is 4.90 Å². The number of carbonyl (C=O) groups is 1. The number of anilines is 2. The van der Waals surface area contributed by atoms with Crippen molar-refractivity contribution in [1.29, 1.82) is 0 Å². The predicted octanol–water partition coefficient (Wildman–Crippen LogP) is 1.67. The lowest BCUT2D eigenvalue weighted by molar-refractivity contribution is -0.129. The van der Waals surface area contributed by atoms with Crippen molar-refractivity contribution in [2.24, 2.45) is 0 Å². The number of para-hydroxylation sites is 1. The molecule has 1 saturated heterocycles. The molecule has 2 heterocycles. The Labute approximate surface area is 174 Å². The van der Waals surface area contributed by atoms with Crippen LogP contribution in [0.25, 0.3) is 0 Å². The van der Waals surface area contributed by atoms with Crippen molar-refractivity contribution in [3.63, 3.8) is 0 Å². The van der Waals surface area contributed by atoms with Gasteiger partial charge in [-0.05, 0) is 24.3 Å². The molecule has 2 aromatic rings. The zero-order valence-corrected chi connectivity index (χ0v) is 17.3. The molecule has 0 unspecified atom stereocenters. The van der Waals surface area contributed by atoms with Crippen molar-refractivity contribution in [2.75, 3.05) is 55.0 Å². The normalized spacial score (nSPS) is 15.9. The third-order valence-corrected chi connectivity index (χ3v) is 6.29. The van der Waals surface area contributed by atoms with Gasteiger partial charge in [0.25, 0.3) is 0 Å². The molecule has 2 aliphatic rings. The Kier molecular flexibility index (Phi) is 5.42. The maximum atomic E-state index is 14.0. The first kappa shape index (κ1) is 20.3. The lowest BCUT2D eigenvalue weighted by Crippen LogP contribution is -2.52. The second-order valence-corrected chi connectivity index (χ2v) is 9.03. The standard InChI is InChI=1S/C20H22FN3O5S/c1-30(26,27)24(15-6-7-18-19(12-15)29-14-28-18)13-20(25)23-10-8-22(9-11-23)17-5-3-2-4-16(17)21/h2-7,12H,8-11,13-14H2,1H3. The molecule has 1 fully saturated rings. The van der Waals surface area contributed by atoms with Gasteiger partial charge in [-0.3, -0.25) is 9.10 Å². The van der Waals surface area contributed by atoms with Crippen molar-refractivity contribution < 1.29 is 27.1 Å². The van der Waals surface area contributed by atoms with Crippen LogP contribution in [0.2, 0.25) is 0 Å². The SMILES string of the molecule is CS(=O)(=O)N(CC(=O)N1CCN(c2ccccc2F)CC1)c1ccc2c(c1)OCO2. The van der Waals surface area contributed by atoms with E-state index in [0.29, 0.717) is 49.1 Å². The molecule has 0 atom stereocenters. The minimum absolute atomic E-state index is 0.0723. The maximum Gasteiger partial charge on any atom is 0.243 e. The van der Waals surface area contributed by atoms with E-state index in [9.17, 15) is 17.6 Å². The van der Waals surface area contributed by atoms with Crippen LogP contribution in [0.15, 0.2) is 42.5 Å². The number of nitrogens with zero attached hydrogens (tertiary/aromatic N) is 3. The Morgan fingerprint density at radius 1 is 1.07 bits per heavy atom. The molecule has 160 valence electrons. The third-order valence-electron chi connectivity index (χ3n) is 5.15. The molecule has 2 aromatic carbocycles. The zero-order valence-electron chi connectivity index (χ0n) is 16.5. The highest BCUT2D eigenvalue weighted by atomic mass is 32.2. The van der Waals surface area contributed by atoms with E-state index in [0.717, 1.165) is 10.6 Å². The summed E-state index contributed by atoms with van der Waals surface area (Å²) in [5.41, 5.74) is 0.836. The van der Waals surface area contributed by atoms with Gasteiger partial charge in [-0.25, -0.2) is 12.8 Å². The average Bonchev–Trinajstić information content (AvgIpc) is 3.19. The Hall–Kier alpha value is -3.01. The fourth-order valence-corrected chi connectivity index (χ4v) is 4.41. The van der Waals surface area contributed by atoms with Gasteiger partial charge < -0.3 is 19.3 Å². The number of hydrogen-bond donors (Lipinski definition) is 0. The minimum atomic E-state index is -3.70. The van der Waals surface area contributed by atoms with Gasteiger partial charge in [-0.1, -0.05) is 12.1 Å². The summed E-state index contributed by atoms with van der Waals surface area (Å²) in [6.07, 6.45) is 1.06. The van der Waals surface area contributed by atoms with E-state index in [4.69, 9.17) is 9.47 Å². The second-order valence-electron chi connectivity index (χ2n) is 7.13. The molecule has 0 spiro atoms.